The van der Waals surface area contributed by atoms with Crippen LogP contribution in [0.2, 0.25) is 0 Å². The van der Waals surface area contributed by atoms with Crippen LogP contribution in [0.1, 0.15) is 51.9 Å². The molecule has 1 atom stereocenters. The monoisotopic (exact) mass is 169 g/mol. The second-order valence-electron chi connectivity index (χ2n) is 4.20. The molecule has 1 heterocycles. The summed E-state index contributed by atoms with van der Waals surface area (Å²) in [5, 5.41) is 3.50. The Labute approximate surface area is 76.9 Å². The summed E-state index contributed by atoms with van der Waals surface area (Å²) in [6.45, 7) is 4.89. The molecule has 0 bridgehead atoms. The molecule has 0 aliphatic carbocycles. The summed E-state index contributed by atoms with van der Waals surface area (Å²) in [4.78, 5) is 0. The van der Waals surface area contributed by atoms with Gasteiger partial charge in [0, 0.05) is 0 Å². The van der Waals surface area contributed by atoms with Crippen LogP contribution in [0.4, 0.5) is 0 Å². The van der Waals surface area contributed by atoms with Crippen molar-refractivity contribution in [2.24, 2.45) is 5.92 Å². The summed E-state index contributed by atoms with van der Waals surface area (Å²) in [5.74, 6) is 0.963. The zero-order valence-corrected chi connectivity index (χ0v) is 8.44. The van der Waals surface area contributed by atoms with Gasteiger partial charge in [-0.1, -0.05) is 32.6 Å². The van der Waals surface area contributed by atoms with Crippen LogP contribution in [0.5, 0.6) is 0 Å². The topological polar surface area (TPSA) is 12.0 Å². The van der Waals surface area contributed by atoms with Crippen LogP contribution >= 0.6 is 0 Å². The third-order valence-electron chi connectivity index (χ3n) is 2.85. The summed E-state index contributed by atoms with van der Waals surface area (Å²) in [5.41, 5.74) is 0. The van der Waals surface area contributed by atoms with E-state index in [0.717, 1.165) is 5.92 Å². The molecule has 1 fully saturated rings. The molecule has 1 saturated heterocycles. The van der Waals surface area contributed by atoms with Crippen LogP contribution in [0, 0.1) is 5.92 Å². The van der Waals surface area contributed by atoms with Gasteiger partial charge < -0.3 is 5.32 Å². The first-order chi connectivity index (χ1) is 5.89. The molecular formula is C11H23N. The summed E-state index contributed by atoms with van der Waals surface area (Å²) in [7, 11) is 0. The van der Waals surface area contributed by atoms with Crippen molar-refractivity contribution < 1.29 is 0 Å². The largest absolute Gasteiger partial charge is 0.317 e. The zero-order chi connectivity index (χ0) is 8.65. The van der Waals surface area contributed by atoms with E-state index >= 15 is 0 Å². The van der Waals surface area contributed by atoms with Gasteiger partial charge in [-0.15, -0.1) is 0 Å². The van der Waals surface area contributed by atoms with Crippen molar-refractivity contribution in [2.45, 2.75) is 51.9 Å². The Morgan fingerprint density at radius 2 is 1.50 bits per heavy atom. The molecule has 1 nitrogen and oxygen atoms in total. The maximum Gasteiger partial charge on any atom is -0.00488 e. The maximum absolute atomic E-state index is 3.50. The van der Waals surface area contributed by atoms with Crippen LogP contribution < -0.4 is 5.32 Å². The predicted octanol–water partition coefficient (Wildman–Crippen LogP) is 2.96. The van der Waals surface area contributed by atoms with E-state index in [2.05, 4.69) is 12.2 Å². The van der Waals surface area contributed by atoms with Gasteiger partial charge in [-0.3, -0.25) is 0 Å². The van der Waals surface area contributed by atoms with Crippen LogP contribution in [0.3, 0.4) is 0 Å². The molecule has 0 aromatic heterocycles. The quantitative estimate of drug-likeness (QED) is 0.588. The number of nitrogens with one attached hydrogen (secondary N) is 1. The van der Waals surface area contributed by atoms with E-state index in [4.69, 9.17) is 0 Å². The van der Waals surface area contributed by atoms with Gasteiger partial charge in [-0.25, -0.2) is 0 Å². The average Bonchev–Trinajstić information content (AvgIpc) is 2.11. The van der Waals surface area contributed by atoms with Gasteiger partial charge in [0.25, 0.3) is 0 Å². The van der Waals surface area contributed by atoms with Crippen molar-refractivity contribution in [1.82, 2.24) is 5.32 Å². The standard InChI is InChI=1S/C11H23N/c1-11-7-4-2-3-5-9-12-10-6-8-11/h11-12H,2-10H2,1H3. The highest BCUT2D eigenvalue weighted by atomic mass is 14.8. The lowest BCUT2D eigenvalue weighted by Gasteiger charge is -2.09. The molecule has 12 heavy (non-hydrogen) atoms. The average molecular weight is 169 g/mol. The Kier molecular flexibility index (Phi) is 5.42. The van der Waals surface area contributed by atoms with Crippen molar-refractivity contribution in [1.29, 1.82) is 0 Å². The Hall–Kier alpha value is -0.0400. The van der Waals surface area contributed by atoms with E-state index in [1.54, 1.807) is 0 Å². The van der Waals surface area contributed by atoms with Crippen LogP contribution in [0.15, 0.2) is 0 Å². The first-order valence-corrected chi connectivity index (χ1v) is 5.60. The minimum Gasteiger partial charge on any atom is -0.317 e. The molecule has 1 N–H and O–H groups in total. The fourth-order valence-corrected chi connectivity index (χ4v) is 1.94. The molecule has 0 aromatic carbocycles. The maximum atomic E-state index is 3.50. The van der Waals surface area contributed by atoms with E-state index in [0.29, 0.717) is 0 Å². The molecule has 1 unspecified atom stereocenters. The number of hydrogen-bond acceptors (Lipinski definition) is 1. The molecule has 0 saturated carbocycles. The van der Waals surface area contributed by atoms with Gasteiger partial charge in [-0.05, 0) is 38.3 Å². The van der Waals surface area contributed by atoms with Gasteiger partial charge in [0.2, 0.25) is 0 Å². The molecule has 0 spiro atoms. The minimum atomic E-state index is 0.963. The normalized spacial score (nSPS) is 29.2. The molecule has 0 amide bonds. The van der Waals surface area contributed by atoms with E-state index < -0.39 is 0 Å². The number of hydrogen-bond donors (Lipinski definition) is 1. The smallest absolute Gasteiger partial charge is 0.00488 e. The van der Waals surface area contributed by atoms with Gasteiger partial charge in [-0.2, -0.15) is 0 Å². The second-order valence-corrected chi connectivity index (χ2v) is 4.20. The van der Waals surface area contributed by atoms with Gasteiger partial charge in [0.1, 0.15) is 0 Å². The van der Waals surface area contributed by atoms with Crippen molar-refractivity contribution in [3.05, 3.63) is 0 Å². The van der Waals surface area contributed by atoms with Gasteiger partial charge >= 0.3 is 0 Å². The second kappa shape index (κ2) is 6.47. The Morgan fingerprint density at radius 1 is 0.833 bits per heavy atom. The van der Waals surface area contributed by atoms with Crippen LogP contribution in [0.25, 0.3) is 0 Å². The summed E-state index contributed by atoms with van der Waals surface area (Å²) in [6, 6.07) is 0. The van der Waals surface area contributed by atoms with Crippen molar-refractivity contribution in [2.75, 3.05) is 13.1 Å². The first-order valence-electron chi connectivity index (χ1n) is 5.60. The van der Waals surface area contributed by atoms with E-state index in [1.165, 1.54) is 58.0 Å². The summed E-state index contributed by atoms with van der Waals surface area (Å²) >= 11 is 0. The third kappa shape index (κ3) is 4.76. The molecule has 1 aliphatic rings. The fraction of sp³-hybridized carbons (Fsp3) is 1.00. The van der Waals surface area contributed by atoms with Crippen LogP contribution in [-0.4, -0.2) is 13.1 Å². The lowest BCUT2D eigenvalue weighted by molar-refractivity contribution is 0.452. The molecule has 0 radical (unpaired) electrons. The lowest BCUT2D eigenvalue weighted by Crippen LogP contribution is -2.16. The summed E-state index contributed by atoms with van der Waals surface area (Å²) in [6.07, 6.45) is 9.98. The lowest BCUT2D eigenvalue weighted by atomic mass is 9.98. The minimum absolute atomic E-state index is 0.963. The highest BCUT2D eigenvalue weighted by Gasteiger charge is 2.02. The fourth-order valence-electron chi connectivity index (χ4n) is 1.94. The predicted molar refractivity (Wildman–Crippen MR) is 54.4 cm³/mol. The Morgan fingerprint density at radius 3 is 2.42 bits per heavy atom. The van der Waals surface area contributed by atoms with Crippen molar-refractivity contribution >= 4 is 0 Å². The van der Waals surface area contributed by atoms with Crippen molar-refractivity contribution in [3.63, 3.8) is 0 Å². The molecule has 1 rings (SSSR count). The molecule has 72 valence electrons. The van der Waals surface area contributed by atoms with E-state index in [-0.39, 0.29) is 0 Å². The molecule has 1 aliphatic heterocycles. The van der Waals surface area contributed by atoms with E-state index in [9.17, 15) is 0 Å². The van der Waals surface area contributed by atoms with Crippen molar-refractivity contribution in [3.8, 4) is 0 Å². The number of rotatable bonds is 0. The van der Waals surface area contributed by atoms with E-state index in [1.807, 2.05) is 0 Å². The zero-order valence-electron chi connectivity index (χ0n) is 8.44. The SMILES string of the molecule is CC1CCCCCCNCCC1. The Balaban J connectivity index is 2.13. The molecule has 1 heteroatoms. The van der Waals surface area contributed by atoms with Crippen LogP contribution in [-0.2, 0) is 0 Å². The Bertz CT molecular complexity index is 89.2. The van der Waals surface area contributed by atoms with Gasteiger partial charge in [0.05, 0.1) is 0 Å². The third-order valence-corrected chi connectivity index (χ3v) is 2.85. The van der Waals surface area contributed by atoms with Gasteiger partial charge in [0.15, 0.2) is 0 Å². The molecular weight excluding hydrogens is 146 g/mol. The summed E-state index contributed by atoms with van der Waals surface area (Å²) < 4.78 is 0. The highest BCUT2D eigenvalue weighted by molar-refractivity contribution is 4.58. The first kappa shape index (κ1) is 10.0. The molecule has 0 aromatic rings. The highest BCUT2D eigenvalue weighted by Crippen LogP contribution is 2.15.